The standard InChI is InChI=1S/C21H12Cl2N2O2S.C17H10BrCl2NO2S/c22-17-4-2-13(10-18(17)23)19-11-28-20(25-19)14-1-3-15(16(9-14)21(26)27)12-5-7-24-8-6-12;1-23-17(22)11-6-10(2-4-12(11)18)16-21-15(8-24-16)9-3-5-13(19)14(20)7-9/h1-11H,(H,26,27);2-8H,1H3. The maximum absolute atomic E-state index is 11.8. The number of hydrogen-bond donors (Lipinski definition) is 1. The number of carboxylic acids is 1. The third-order valence-electron chi connectivity index (χ3n) is 7.55. The maximum atomic E-state index is 11.8. The van der Waals surface area contributed by atoms with Crippen molar-refractivity contribution in [2.75, 3.05) is 7.11 Å². The molecule has 0 aliphatic rings. The van der Waals surface area contributed by atoms with E-state index in [1.165, 1.54) is 29.8 Å². The highest BCUT2D eigenvalue weighted by molar-refractivity contribution is 9.10. The van der Waals surface area contributed by atoms with E-state index in [9.17, 15) is 14.7 Å². The number of nitrogens with zero attached hydrogens (tertiary/aromatic N) is 3. The Morgan fingerprint density at radius 1 is 0.635 bits per heavy atom. The van der Waals surface area contributed by atoms with Crippen molar-refractivity contribution < 1.29 is 19.4 Å². The molecule has 7 aromatic rings. The highest BCUT2D eigenvalue weighted by Crippen LogP contribution is 2.36. The van der Waals surface area contributed by atoms with E-state index >= 15 is 0 Å². The molecule has 52 heavy (non-hydrogen) atoms. The van der Waals surface area contributed by atoms with E-state index in [0.29, 0.717) is 35.7 Å². The lowest BCUT2D eigenvalue weighted by Crippen LogP contribution is -2.02. The molecule has 0 bridgehead atoms. The topological polar surface area (TPSA) is 102 Å². The van der Waals surface area contributed by atoms with Crippen molar-refractivity contribution >= 4 is 96.9 Å². The van der Waals surface area contributed by atoms with Crippen LogP contribution in [0.15, 0.2) is 113 Å². The van der Waals surface area contributed by atoms with Crippen molar-refractivity contribution in [3.63, 3.8) is 0 Å². The van der Waals surface area contributed by atoms with Gasteiger partial charge in [-0.2, -0.15) is 0 Å². The van der Waals surface area contributed by atoms with Crippen molar-refractivity contribution in [2.45, 2.75) is 0 Å². The third kappa shape index (κ3) is 8.56. The smallest absolute Gasteiger partial charge is 0.339 e. The van der Waals surface area contributed by atoms with Gasteiger partial charge in [-0.05, 0) is 81.7 Å². The molecule has 0 aliphatic heterocycles. The average Bonchev–Trinajstić information content (AvgIpc) is 3.86. The van der Waals surface area contributed by atoms with Gasteiger partial charge in [-0.3, -0.25) is 4.98 Å². The number of rotatable bonds is 7. The van der Waals surface area contributed by atoms with E-state index < -0.39 is 11.9 Å². The second kappa shape index (κ2) is 16.7. The molecule has 0 fully saturated rings. The van der Waals surface area contributed by atoms with Crippen LogP contribution in [0.25, 0.3) is 54.8 Å². The number of carboxylic acid groups (broad SMARTS) is 1. The number of esters is 1. The number of halogens is 5. The normalized spacial score (nSPS) is 10.7. The first-order valence-corrected chi connectivity index (χ1v) is 19.1. The molecule has 14 heteroatoms. The van der Waals surface area contributed by atoms with Crippen LogP contribution in [0.3, 0.4) is 0 Å². The van der Waals surface area contributed by atoms with Crippen LogP contribution in [0.4, 0.5) is 0 Å². The molecule has 0 unspecified atom stereocenters. The summed E-state index contributed by atoms with van der Waals surface area (Å²) in [5.74, 6) is -1.39. The Hall–Kier alpha value is -4.13. The predicted molar refractivity (Wildman–Crippen MR) is 215 cm³/mol. The van der Waals surface area contributed by atoms with Crippen LogP contribution >= 0.6 is 85.0 Å². The van der Waals surface area contributed by atoms with Crippen molar-refractivity contribution in [3.05, 3.63) is 144 Å². The van der Waals surface area contributed by atoms with Crippen LogP contribution in [-0.2, 0) is 4.74 Å². The van der Waals surface area contributed by atoms with Crippen LogP contribution in [0.5, 0.6) is 0 Å². The molecule has 4 aromatic carbocycles. The number of ether oxygens (including phenoxy) is 1. The minimum Gasteiger partial charge on any atom is -0.478 e. The number of thiazole rings is 2. The van der Waals surface area contributed by atoms with Crippen LogP contribution in [0, 0.1) is 0 Å². The summed E-state index contributed by atoms with van der Waals surface area (Å²) in [5, 5.41) is 17.0. The van der Waals surface area contributed by atoms with Crippen LogP contribution in [0.1, 0.15) is 20.7 Å². The molecular weight excluding hydrogens is 848 g/mol. The Morgan fingerprint density at radius 3 is 1.63 bits per heavy atom. The number of pyridine rings is 1. The SMILES string of the molecule is COC(=O)c1cc(-c2nc(-c3ccc(Cl)c(Cl)c3)cs2)ccc1Br.O=C(O)c1cc(-c2nc(-c3ccc(Cl)c(Cl)c3)cs2)ccc1-c1ccncc1. The van der Waals surface area contributed by atoms with Gasteiger partial charge >= 0.3 is 11.9 Å². The molecule has 260 valence electrons. The molecule has 0 spiro atoms. The van der Waals surface area contributed by atoms with Crippen LogP contribution in [0.2, 0.25) is 20.1 Å². The van der Waals surface area contributed by atoms with E-state index in [1.54, 1.807) is 67.0 Å². The van der Waals surface area contributed by atoms with Gasteiger partial charge in [0.25, 0.3) is 0 Å². The summed E-state index contributed by atoms with van der Waals surface area (Å²) in [5.41, 5.74) is 7.00. The number of methoxy groups -OCH3 is 1. The molecule has 0 radical (unpaired) electrons. The molecule has 7 rings (SSSR count). The van der Waals surface area contributed by atoms with E-state index in [-0.39, 0.29) is 5.56 Å². The Morgan fingerprint density at radius 2 is 1.13 bits per heavy atom. The summed E-state index contributed by atoms with van der Waals surface area (Å²) in [6.07, 6.45) is 3.28. The molecule has 0 saturated carbocycles. The van der Waals surface area contributed by atoms with E-state index in [0.717, 1.165) is 49.2 Å². The third-order valence-corrected chi connectivity index (χ3v) is 11.5. The summed E-state index contributed by atoms with van der Waals surface area (Å²) in [6, 6.07) is 25.1. The fourth-order valence-corrected chi connectivity index (χ4v) is 7.61. The number of carbonyl (C=O) groups excluding carboxylic acids is 1. The number of aromatic nitrogens is 3. The van der Waals surface area contributed by atoms with Crippen molar-refractivity contribution in [3.8, 4) is 54.8 Å². The lowest BCUT2D eigenvalue weighted by molar-refractivity contribution is 0.0598. The van der Waals surface area contributed by atoms with Crippen molar-refractivity contribution in [1.29, 1.82) is 0 Å². The summed E-state index contributed by atoms with van der Waals surface area (Å²) in [4.78, 5) is 36.9. The summed E-state index contributed by atoms with van der Waals surface area (Å²) in [6.45, 7) is 0. The minimum absolute atomic E-state index is 0.218. The zero-order chi connectivity index (χ0) is 36.9. The molecule has 1 N–H and O–H groups in total. The van der Waals surface area contributed by atoms with Gasteiger partial charge in [-0.1, -0.05) is 76.7 Å². The highest BCUT2D eigenvalue weighted by atomic mass is 79.9. The Bertz CT molecular complexity index is 2440. The summed E-state index contributed by atoms with van der Waals surface area (Å²) >= 11 is 30.4. The number of hydrogen-bond acceptors (Lipinski definition) is 8. The number of carbonyl (C=O) groups is 2. The Labute approximate surface area is 334 Å². The fourth-order valence-electron chi connectivity index (χ4n) is 4.95. The molecule has 0 amide bonds. The van der Waals surface area contributed by atoms with Gasteiger partial charge in [0.2, 0.25) is 0 Å². The van der Waals surface area contributed by atoms with E-state index in [1.807, 2.05) is 41.1 Å². The predicted octanol–water partition coefficient (Wildman–Crippen LogP) is 12.9. The van der Waals surface area contributed by atoms with Crippen LogP contribution in [-0.4, -0.2) is 39.1 Å². The zero-order valence-corrected chi connectivity index (χ0v) is 32.9. The van der Waals surface area contributed by atoms with E-state index in [4.69, 9.17) is 51.1 Å². The largest absolute Gasteiger partial charge is 0.478 e. The van der Waals surface area contributed by atoms with Crippen molar-refractivity contribution in [2.24, 2.45) is 0 Å². The van der Waals surface area contributed by atoms with Crippen LogP contribution < -0.4 is 0 Å². The monoisotopic (exact) mass is 867 g/mol. The van der Waals surface area contributed by atoms with Gasteiger partial charge in [0.1, 0.15) is 10.0 Å². The van der Waals surface area contributed by atoms with Gasteiger partial charge < -0.3 is 9.84 Å². The zero-order valence-electron chi connectivity index (χ0n) is 26.6. The van der Waals surface area contributed by atoms with Crippen molar-refractivity contribution in [1.82, 2.24) is 15.0 Å². The number of benzene rings is 4. The Balaban J connectivity index is 0.000000181. The molecule has 0 saturated heterocycles. The first kappa shape index (κ1) is 37.6. The second-order valence-corrected chi connectivity index (χ2v) is 15.0. The fraction of sp³-hybridized carbons (Fsp3) is 0.0263. The lowest BCUT2D eigenvalue weighted by Gasteiger charge is -2.08. The molecular formula is C38H22BrCl4N3O4S2. The molecule has 0 aliphatic carbocycles. The minimum atomic E-state index is -0.991. The summed E-state index contributed by atoms with van der Waals surface area (Å²) in [7, 11) is 1.35. The lowest BCUT2D eigenvalue weighted by atomic mass is 9.98. The first-order chi connectivity index (χ1) is 25.0. The van der Waals surface area contributed by atoms with Gasteiger partial charge in [-0.15, -0.1) is 22.7 Å². The quantitative estimate of drug-likeness (QED) is 0.159. The summed E-state index contributed by atoms with van der Waals surface area (Å²) < 4.78 is 5.47. The molecule has 7 nitrogen and oxygen atoms in total. The average molecular weight is 870 g/mol. The Kier molecular flexibility index (Phi) is 12.1. The molecule has 0 atom stereocenters. The second-order valence-electron chi connectivity index (χ2n) is 10.8. The number of aromatic carboxylic acids is 1. The van der Waals surface area contributed by atoms with Gasteiger partial charge in [0.05, 0.1) is 49.7 Å². The maximum Gasteiger partial charge on any atom is 0.339 e. The van der Waals surface area contributed by atoms with E-state index in [2.05, 4.69) is 30.9 Å². The van der Waals surface area contributed by atoms with Gasteiger partial charge in [0, 0.05) is 49.9 Å². The molecule has 3 aromatic heterocycles. The molecule has 3 heterocycles. The van der Waals surface area contributed by atoms with Gasteiger partial charge in [-0.25, -0.2) is 19.6 Å². The first-order valence-electron chi connectivity index (χ1n) is 15.0. The highest BCUT2D eigenvalue weighted by Gasteiger charge is 2.17. The van der Waals surface area contributed by atoms with Gasteiger partial charge in [0.15, 0.2) is 0 Å².